The maximum Gasteiger partial charge on any atom is 0.337 e. The van der Waals surface area contributed by atoms with E-state index in [0.29, 0.717) is 28.0 Å². The summed E-state index contributed by atoms with van der Waals surface area (Å²) in [7, 11) is 0. The van der Waals surface area contributed by atoms with Crippen LogP contribution >= 0.6 is 23.4 Å². The first-order valence-electron chi connectivity index (χ1n) is 8.96. The number of carbonyl (C=O) groups excluding carboxylic acids is 1. The van der Waals surface area contributed by atoms with Crippen LogP contribution in [0.3, 0.4) is 0 Å². The number of hydrogen-bond acceptors (Lipinski definition) is 5. The van der Waals surface area contributed by atoms with E-state index in [9.17, 15) is 9.90 Å². The van der Waals surface area contributed by atoms with Crippen molar-refractivity contribution < 1.29 is 14.5 Å². The van der Waals surface area contributed by atoms with Gasteiger partial charge >= 0.3 is 5.16 Å². The number of carbonyl (C=O) groups is 1. The number of halogens is 1. The summed E-state index contributed by atoms with van der Waals surface area (Å²) in [6, 6.07) is 14.0. The molecule has 2 aromatic carbocycles. The van der Waals surface area contributed by atoms with Gasteiger partial charge in [0.2, 0.25) is 0 Å². The van der Waals surface area contributed by atoms with E-state index in [0.717, 1.165) is 11.4 Å². The molecule has 0 bridgehead atoms. The highest BCUT2D eigenvalue weighted by Crippen LogP contribution is 2.20. The second-order valence-corrected chi connectivity index (χ2v) is 7.50. The minimum Gasteiger partial charge on any atom is -0.872 e. The van der Waals surface area contributed by atoms with Gasteiger partial charge in [-0.15, -0.1) is 5.10 Å². The maximum atomic E-state index is 12.2. The van der Waals surface area contributed by atoms with Crippen LogP contribution in [-0.4, -0.2) is 27.6 Å². The Kier molecular flexibility index (Phi) is 6.90. The van der Waals surface area contributed by atoms with Crippen LogP contribution < -0.4 is 15.1 Å². The molecule has 7 nitrogen and oxygen atoms in total. The fourth-order valence-electron chi connectivity index (χ4n) is 2.68. The van der Waals surface area contributed by atoms with Crippen LogP contribution in [0.2, 0.25) is 5.02 Å². The minimum atomic E-state index is -0.281. The summed E-state index contributed by atoms with van der Waals surface area (Å²) in [5.74, 6) is 0.567. The van der Waals surface area contributed by atoms with Gasteiger partial charge in [0.25, 0.3) is 11.7 Å². The summed E-state index contributed by atoms with van der Waals surface area (Å²) in [6.07, 6.45) is 0. The summed E-state index contributed by atoms with van der Waals surface area (Å²) in [6.45, 7) is 4.38. The van der Waals surface area contributed by atoms with E-state index in [-0.39, 0.29) is 17.4 Å². The van der Waals surface area contributed by atoms with E-state index in [1.54, 1.807) is 25.1 Å². The lowest BCUT2D eigenvalue weighted by atomic mass is 10.1. The van der Waals surface area contributed by atoms with Crippen LogP contribution in [-0.2, 0) is 11.3 Å². The number of benzene rings is 2. The van der Waals surface area contributed by atoms with Crippen molar-refractivity contribution in [1.82, 2.24) is 15.6 Å². The van der Waals surface area contributed by atoms with E-state index in [1.165, 1.54) is 17.8 Å². The second-order valence-electron chi connectivity index (χ2n) is 6.12. The molecule has 0 saturated carbocycles. The third-order valence-electron chi connectivity index (χ3n) is 4.15. The van der Waals surface area contributed by atoms with Crippen molar-refractivity contribution in [3.05, 3.63) is 59.1 Å². The molecule has 0 saturated heterocycles. The van der Waals surface area contributed by atoms with Gasteiger partial charge in [-0.25, -0.2) is 9.99 Å². The van der Waals surface area contributed by atoms with E-state index in [1.807, 2.05) is 35.8 Å². The SMILES string of the molecule is CC[n+]1c(SCC(=O)N/N=C(\C)c2ccccc2[O-])n[nH]c1-c1ccc(Cl)cc1. The van der Waals surface area contributed by atoms with Crippen LogP contribution in [0.15, 0.2) is 58.8 Å². The molecule has 0 aliphatic heterocycles. The Hall–Kier alpha value is -2.84. The van der Waals surface area contributed by atoms with Gasteiger partial charge in [-0.1, -0.05) is 41.6 Å². The number of hydrazone groups is 1. The lowest BCUT2D eigenvalue weighted by Crippen LogP contribution is -2.36. The molecule has 3 rings (SSSR count). The first-order valence-corrected chi connectivity index (χ1v) is 10.3. The average Bonchev–Trinajstić information content (AvgIpc) is 3.14. The van der Waals surface area contributed by atoms with Crippen molar-refractivity contribution in [2.24, 2.45) is 5.10 Å². The molecule has 1 heterocycles. The van der Waals surface area contributed by atoms with Crippen LogP contribution in [0.5, 0.6) is 5.75 Å². The van der Waals surface area contributed by atoms with Gasteiger partial charge in [-0.2, -0.15) is 5.10 Å². The number of hydrogen-bond donors (Lipinski definition) is 2. The zero-order valence-electron chi connectivity index (χ0n) is 16.0. The Morgan fingerprint density at radius 2 is 2.00 bits per heavy atom. The molecule has 9 heteroatoms. The number of nitrogens with one attached hydrogen (secondary N) is 2. The van der Waals surface area contributed by atoms with Crippen molar-refractivity contribution >= 4 is 35.0 Å². The van der Waals surface area contributed by atoms with E-state index >= 15 is 0 Å². The molecular formula is C20H20ClN5O2S. The quantitative estimate of drug-likeness (QED) is 0.261. The summed E-state index contributed by atoms with van der Waals surface area (Å²) >= 11 is 7.25. The number of H-pyrrole nitrogens is 1. The highest BCUT2D eigenvalue weighted by atomic mass is 35.5. The maximum absolute atomic E-state index is 12.2. The predicted octanol–water partition coefficient (Wildman–Crippen LogP) is 2.74. The number of amides is 1. The topological polar surface area (TPSA) is 97.1 Å². The number of nitrogens with zero attached hydrogens (tertiary/aromatic N) is 3. The van der Waals surface area contributed by atoms with Gasteiger partial charge in [0.05, 0.1) is 28.7 Å². The van der Waals surface area contributed by atoms with Gasteiger partial charge in [0.1, 0.15) is 0 Å². The first-order chi connectivity index (χ1) is 14.0. The van der Waals surface area contributed by atoms with Crippen LogP contribution in [0.1, 0.15) is 19.4 Å². The molecule has 0 spiro atoms. The molecule has 0 unspecified atom stereocenters. The van der Waals surface area contributed by atoms with E-state index < -0.39 is 0 Å². The van der Waals surface area contributed by atoms with Crippen molar-refractivity contribution in [3.8, 4) is 17.1 Å². The van der Waals surface area contributed by atoms with Gasteiger partial charge < -0.3 is 5.11 Å². The van der Waals surface area contributed by atoms with Gasteiger partial charge in [0.15, 0.2) is 0 Å². The average molecular weight is 430 g/mol. The Balaban J connectivity index is 1.64. The van der Waals surface area contributed by atoms with Gasteiger partial charge in [-0.05, 0) is 55.4 Å². The molecule has 1 aromatic heterocycles. The molecule has 0 radical (unpaired) electrons. The molecular weight excluding hydrogens is 410 g/mol. The Bertz CT molecular complexity index is 1030. The summed E-state index contributed by atoms with van der Waals surface area (Å²) in [4.78, 5) is 12.2. The Labute approximate surface area is 177 Å². The second kappa shape index (κ2) is 9.58. The third-order valence-corrected chi connectivity index (χ3v) is 5.38. The molecule has 0 atom stereocenters. The Morgan fingerprint density at radius 1 is 1.28 bits per heavy atom. The highest BCUT2D eigenvalue weighted by molar-refractivity contribution is 7.99. The minimum absolute atomic E-state index is 0.132. The summed E-state index contributed by atoms with van der Waals surface area (Å²) in [5.41, 5.74) is 4.37. The third kappa shape index (κ3) is 5.16. The molecule has 29 heavy (non-hydrogen) atoms. The predicted molar refractivity (Wildman–Crippen MR) is 112 cm³/mol. The first kappa shape index (κ1) is 20.9. The normalized spacial score (nSPS) is 11.5. The molecule has 0 aliphatic carbocycles. The van der Waals surface area contributed by atoms with Crippen LogP contribution in [0.4, 0.5) is 0 Å². The summed E-state index contributed by atoms with van der Waals surface area (Å²) in [5, 5.41) is 24.5. The van der Waals surface area contributed by atoms with E-state index in [4.69, 9.17) is 11.6 Å². The standard InChI is InChI=1S/C20H20ClN5O2S/c1-3-26-19(14-8-10-15(21)11-9-14)24-25-20(26)29-12-18(28)23-22-13(2)16-6-4-5-7-17(16)27/h4-11H,3,12H2,1-2H3,(H2,22,23,27,28). The highest BCUT2D eigenvalue weighted by Gasteiger charge is 2.21. The lowest BCUT2D eigenvalue weighted by Gasteiger charge is -2.12. The molecule has 0 fully saturated rings. The van der Waals surface area contributed by atoms with Crippen LogP contribution in [0, 0.1) is 0 Å². The number of aromatic amines is 1. The zero-order chi connectivity index (χ0) is 20.8. The lowest BCUT2D eigenvalue weighted by molar-refractivity contribution is -0.719. The fourth-order valence-corrected chi connectivity index (χ4v) is 3.62. The van der Waals surface area contributed by atoms with Crippen LogP contribution in [0.25, 0.3) is 11.4 Å². The monoisotopic (exact) mass is 429 g/mol. The summed E-state index contributed by atoms with van der Waals surface area (Å²) < 4.78 is 1.99. The smallest absolute Gasteiger partial charge is 0.337 e. The number of para-hydroxylation sites is 1. The number of aromatic nitrogens is 3. The Morgan fingerprint density at radius 3 is 2.69 bits per heavy atom. The van der Waals surface area contributed by atoms with Crippen molar-refractivity contribution in [3.63, 3.8) is 0 Å². The molecule has 3 aromatic rings. The largest absolute Gasteiger partial charge is 0.872 e. The van der Waals surface area contributed by atoms with Crippen molar-refractivity contribution in [2.75, 3.05) is 5.75 Å². The van der Waals surface area contributed by atoms with Gasteiger partial charge in [0, 0.05) is 5.02 Å². The molecule has 2 N–H and O–H groups in total. The molecule has 0 aliphatic rings. The fraction of sp³-hybridized carbons (Fsp3) is 0.200. The number of thioether (sulfide) groups is 1. The van der Waals surface area contributed by atoms with Crippen molar-refractivity contribution in [1.29, 1.82) is 0 Å². The molecule has 1 amide bonds. The molecule has 150 valence electrons. The van der Waals surface area contributed by atoms with Crippen molar-refractivity contribution in [2.45, 2.75) is 25.5 Å². The zero-order valence-corrected chi connectivity index (χ0v) is 17.5. The van der Waals surface area contributed by atoms with E-state index in [2.05, 4.69) is 20.7 Å². The number of rotatable bonds is 7. The van der Waals surface area contributed by atoms with Gasteiger partial charge in [-0.3, -0.25) is 4.79 Å².